The summed E-state index contributed by atoms with van der Waals surface area (Å²) in [5.74, 6) is 0.785. The molecule has 1 heterocycles. The SMILES string of the molecule is CN(Cc1cscn1)CC1CCCC(N)C1. The van der Waals surface area contributed by atoms with Crippen LogP contribution >= 0.6 is 11.3 Å². The fourth-order valence-corrected chi connectivity index (χ4v) is 3.15. The second kappa shape index (κ2) is 5.75. The normalized spacial score (nSPS) is 26.2. The Balaban J connectivity index is 1.76. The molecule has 4 heteroatoms. The van der Waals surface area contributed by atoms with Crippen molar-refractivity contribution < 1.29 is 0 Å². The van der Waals surface area contributed by atoms with E-state index in [-0.39, 0.29) is 0 Å². The van der Waals surface area contributed by atoms with Crippen LogP contribution in [0.4, 0.5) is 0 Å². The third-order valence-corrected chi connectivity index (χ3v) is 3.94. The molecule has 0 bridgehead atoms. The van der Waals surface area contributed by atoms with Crippen LogP contribution in [-0.4, -0.2) is 29.5 Å². The molecule has 1 aliphatic rings. The highest BCUT2D eigenvalue weighted by atomic mass is 32.1. The van der Waals surface area contributed by atoms with Gasteiger partial charge in [-0.15, -0.1) is 11.3 Å². The Bertz CT molecular complexity index is 299. The zero-order chi connectivity index (χ0) is 11.4. The number of hydrogen-bond acceptors (Lipinski definition) is 4. The molecule has 2 N–H and O–H groups in total. The van der Waals surface area contributed by atoms with Crippen molar-refractivity contribution in [3.63, 3.8) is 0 Å². The summed E-state index contributed by atoms with van der Waals surface area (Å²) in [5.41, 5.74) is 9.10. The highest BCUT2D eigenvalue weighted by molar-refractivity contribution is 7.07. The summed E-state index contributed by atoms with van der Waals surface area (Å²) in [6, 6.07) is 0.437. The Hall–Kier alpha value is -0.450. The molecule has 90 valence electrons. The number of nitrogens with zero attached hydrogens (tertiary/aromatic N) is 2. The lowest BCUT2D eigenvalue weighted by Gasteiger charge is -2.29. The van der Waals surface area contributed by atoms with E-state index in [2.05, 4.69) is 22.3 Å². The second-order valence-corrected chi connectivity index (χ2v) is 5.69. The van der Waals surface area contributed by atoms with Crippen LogP contribution in [0.3, 0.4) is 0 Å². The molecule has 2 unspecified atom stereocenters. The summed E-state index contributed by atoms with van der Waals surface area (Å²) >= 11 is 1.67. The van der Waals surface area contributed by atoms with E-state index in [1.54, 1.807) is 11.3 Å². The van der Waals surface area contributed by atoms with Crippen LogP contribution < -0.4 is 5.73 Å². The zero-order valence-corrected chi connectivity index (χ0v) is 10.7. The van der Waals surface area contributed by atoms with Crippen LogP contribution in [0.25, 0.3) is 0 Å². The minimum absolute atomic E-state index is 0.437. The van der Waals surface area contributed by atoms with Gasteiger partial charge in [0.05, 0.1) is 11.2 Å². The first-order valence-corrected chi connectivity index (χ1v) is 6.99. The Labute approximate surface area is 102 Å². The Morgan fingerprint density at radius 3 is 3.12 bits per heavy atom. The van der Waals surface area contributed by atoms with Gasteiger partial charge in [0.15, 0.2) is 0 Å². The Morgan fingerprint density at radius 2 is 2.44 bits per heavy atom. The molecule has 0 radical (unpaired) electrons. The Kier molecular flexibility index (Phi) is 4.32. The van der Waals surface area contributed by atoms with E-state index in [1.165, 1.54) is 31.4 Å². The van der Waals surface area contributed by atoms with Crippen LogP contribution in [0, 0.1) is 5.92 Å². The molecule has 1 aromatic rings. The van der Waals surface area contributed by atoms with Crippen molar-refractivity contribution in [3.8, 4) is 0 Å². The van der Waals surface area contributed by atoms with Crippen molar-refractivity contribution in [2.24, 2.45) is 11.7 Å². The first-order valence-electron chi connectivity index (χ1n) is 6.05. The number of nitrogens with two attached hydrogens (primary N) is 1. The van der Waals surface area contributed by atoms with E-state index in [0.717, 1.165) is 19.0 Å². The standard InChI is InChI=1S/C12H21N3S/c1-15(7-12-8-16-9-14-12)6-10-3-2-4-11(13)5-10/h8-11H,2-7,13H2,1H3. The molecule has 3 nitrogen and oxygen atoms in total. The summed E-state index contributed by atoms with van der Waals surface area (Å²) in [4.78, 5) is 6.69. The summed E-state index contributed by atoms with van der Waals surface area (Å²) in [6.07, 6.45) is 5.05. The van der Waals surface area contributed by atoms with Gasteiger partial charge in [-0.05, 0) is 32.2 Å². The smallest absolute Gasteiger partial charge is 0.0795 e. The molecular formula is C12H21N3S. The predicted molar refractivity (Wildman–Crippen MR) is 68.4 cm³/mol. The maximum Gasteiger partial charge on any atom is 0.0795 e. The lowest BCUT2D eigenvalue weighted by Crippen LogP contribution is -2.34. The minimum Gasteiger partial charge on any atom is -0.328 e. The molecule has 1 aliphatic carbocycles. The fraction of sp³-hybridized carbons (Fsp3) is 0.750. The highest BCUT2D eigenvalue weighted by Crippen LogP contribution is 2.23. The van der Waals surface area contributed by atoms with Crippen molar-refractivity contribution in [1.82, 2.24) is 9.88 Å². The van der Waals surface area contributed by atoms with Crippen LogP contribution in [-0.2, 0) is 6.54 Å². The number of hydrogen-bond donors (Lipinski definition) is 1. The Morgan fingerprint density at radius 1 is 1.56 bits per heavy atom. The van der Waals surface area contributed by atoms with Crippen molar-refractivity contribution >= 4 is 11.3 Å². The third kappa shape index (κ3) is 3.54. The van der Waals surface area contributed by atoms with Crippen molar-refractivity contribution in [1.29, 1.82) is 0 Å². The molecule has 0 spiro atoms. The molecule has 0 aliphatic heterocycles. The third-order valence-electron chi connectivity index (χ3n) is 3.31. The zero-order valence-electron chi connectivity index (χ0n) is 9.93. The lowest BCUT2D eigenvalue weighted by atomic mass is 9.86. The van der Waals surface area contributed by atoms with Crippen LogP contribution in [0.15, 0.2) is 10.9 Å². The minimum atomic E-state index is 0.437. The average molecular weight is 239 g/mol. The van der Waals surface area contributed by atoms with E-state index < -0.39 is 0 Å². The van der Waals surface area contributed by atoms with E-state index in [4.69, 9.17) is 5.73 Å². The molecule has 1 aromatic heterocycles. The first-order chi connectivity index (χ1) is 7.74. The summed E-state index contributed by atoms with van der Waals surface area (Å²) in [6.45, 7) is 2.13. The van der Waals surface area contributed by atoms with Gasteiger partial charge in [0.2, 0.25) is 0 Å². The van der Waals surface area contributed by atoms with Gasteiger partial charge >= 0.3 is 0 Å². The predicted octanol–water partition coefficient (Wildman–Crippen LogP) is 2.09. The molecule has 1 saturated carbocycles. The van der Waals surface area contributed by atoms with Gasteiger partial charge in [0.1, 0.15) is 0 Å². The maximum atomic E-state index is 6.01. The molecule has 0 aromatic carbocycles. The van der Waals surface area contributed by atoms with E-state index in [1.807, 2.05) is 5.51 Å². The van der Waals surface area contributed by atoms with Crippen molar-refractivity contribution in [2.45, 2.75) is 38.3 Å². The quantitative estimate of drug-likeness (QED) is 0.875. The van der Waals surface area contributed by atoms with Gasteiger partial charge in [0, 0.05) is 24.5 Å². The fourth-order valence-electron chi connectivity index (χ4n) is 2.60. The molecule has 16 heavy (non-hydrogen) atoms. The van der Waals surface area contributed by atoms with Gasteiger partial charge in [-0.2, -0.15) is 0 Å². The van der Waals surface area contributed by atoms with Crippen LogP contribution in [0.1, 0.15) is 31.4 Å². The van der Waals surface area contributed by atoms with E-state index in [9.17, 15) is 0 Å². The average Bonchev–Trinajstić information content (AvgIpc) is 2.70. The van der Waals surface area contributed by atoms with Gasteiger partial charge in [-0.25, -0.2) is 4.98 Å². The highest BCUT2D eigenvalue weighted by Gasteiger charge is 2.20. The lowest BCUT2D eigenvalue weighted by molar-refractivity contribution is 0.215. The summed E-state index contributed by atoms with van der Waals surface area (Å²) in [7, 11) is 2.18. The van der Waals surface area contributed by atoms with Gasteiger partial charge < -0.3 is 10.6 Å². The molecule has 2 rings (SSSR count). The molecule has 2 atom stereocenters. The summed E-state index contributed by atoms with van der Waals surface area (Å²) < 4.78 is 0. The van der Waals surface area contributed by atoms with Gasteiger partial charge in [-0.3, -0.25) is 0 Å². The first kappa shape index (κ1) is 12.0. The monoisotopic (exact) mass is 239 g/mol. The molecule has 0 saturated heterocycles. The topological polar surface area (TPSA) is 42.2 Å². The van der Waals surface area contributed by atoms with Crippen LogP contribution in [0.2, 0.25) is 0 Å². The maximum absolute atomic E-state index is 6.01. The van der Waals surface area contributed by atoms with Gasteiger partial charge in [0.25, 0.3) is 0 Å². The molecule has 0 amide bonds. The summed E-state index contributed by atoms with van der Waals surface area (Å²) in [5, 5.41) is 2.13. The largest absolute Gasteiger partial charge is 0.328 e. The number of aromatic nitrogens is 1. The van der Waals surface area contributed by atoms with Crippen molar-refractivity contribution in [3.05, 3.63) is 16.6 Å². The van der Waals surface area contributed by atoms with Crippen LogP contribution in [0.5, 0.6) is 0 Å². The van der Waals surface area contributed by atoms with E-state index in [0.29, 0.717) is 6.04 Å². The number of thiazole rings is 1. The van der Waals surface area contributed by atoms with Crippen molar-refractivity contribution in [2.75, 3.05) is 13.6 Å². The molecule has 1 fully saturated rings. The number of rotatable bonds is 4. The second-order valence-electron chi connectivity index (χ2n) is 4.97. The molecular weight excluding hydrogens is 218 g/mol. The van der Waals surface area contributed by atoms with E-state index >= 15 is 0 Å². The van der Waals surface area contributed by atoms with Gasteiger partial charge in [-0.1, -0.05) is 6.42 Å².